The maximum Gasteiger partial charge on any atom is 0.330 e. The van der Waals surface area contributed by atoms with Crippen LogP contribution in [0.2, 0.25) is 0 Å². The molecule has 0 saturated carbocycles. The normalized spacial score (nSPS) is 24.1. The monoisotopic (exact) mass is 240 g/mol. The molecule has 0 bridgehead atoms. The van der Waals surface area contributed by atoms with E-state index < -0.39 is 11.2 Å². The number of nitrogens with one attached hydrogen (secondary N) is 1. The minimum absolute atomic E-state index is 0.0266. The summed E-state index contributed by atoms with van der Waals surface area (Å²) in [5.41, 5.74) is -0.824. The zero-order valence-electron chi connectivity index (χ0n) is 9.72. The summed E-state index contributed by atoms with van der Waals surface area (Å²) in [6.07, 6.45) is 2.80. The van der Waals surface area contributed by atoms with E-state index in [0.29, 0.717) is 13.2 Å². The Balaban J connectivity index is 2.05. The van der Waals surface area contributed by atoms with Gasteiger partial charge in [0.2, 0.25) is 0 Å². The summed E-state index contributed by atoms with van der Waals surface area (Å²) in [7, 11) is 0. The third kappa shape index (κ3) is 2.83. The molecule has 6 nitrogen and oxygen atoms in total. The highest BCUT2D eigenvalue weighted by Crippen LogP contribution is 2.26. The quantitative estimate of drug-likeness (QED) is 0.818. The molecular weight excluding hydrogens is 224 g/mol. The van der Waals surface area contributed by atoms with Gasteiger partial charge >= 0.3 is 5.69 Å². The van der Waals surface area contributed by atoms with Crippen LogP contribution in [-0.2, 0) is 9.47 Å². The number of nitrogens with zero attached hydrogens (tertiary/aromatic N) is 1. The highest BCUT2D eigenvalue weighted by atomic mass is 16.5. The average molecular weight is 240 g/mol. The molecule has 0 amide bonds. The van der Waals surface area contributed by atoms with Crippen LogP contribution in [0.5, 0.6) is 0 Å². The minimum Gasteiger partial charge on any atom is -0.379 e. The largest absolute Gasteiger partial charge is 0.379 e. The van der Waals surface area contributed by atoms with E-state index >= 15 is 0 Å². The van der Waals surface area contributed by atoms with Crippen LogP contribution < -0.4 is 11.2 Å². The van der Waals surface area contributed by atoms with Crippen molar-refractivity contribution in [2.24, 2.45) is 0 Å². The molecule has 1 aliphatic rings. The second-order valence-electron chi connectivity index (χ2n) is 3.97. The van der Waals surface area contributed by atoms with E-state index in [-0.39, 0.29) is 12.3 Å². The number of aromatic amines is 1. The maximum absolute atomic E-state index is 11.5. The first-order valence-corrected chi connectivity index (χ1v) is 5.75. The molecule has 0 radical (unpaired) electrons. The van der Waals surface area contributed by atoms with Gasteiger partial charge in [0.25, 0.3) is 5.56 Å². The lowest BCUT2D eigenvalue weighted by atomic mass is 10.2. The van der Waals surface area contributed by atoms with E-state index in [4.69, 9.17) is 9.47 Å². The summed E-state index contributed by atoms with van der Waals surface area (Å²) >= 11 is 0. The van der Waals surface area contributed by atoms with Gasteiger partial charge in [-0.2, -0.15) is 0 Å². The van der Waals surface area contributed by atoms with Crippen molar-refractivity contribution in [3.8, 4) is 0 Å². The minimum atomic E-state index is -0.431. The number of rotatable bonds is 4. The fourth-order valence-corrected chi connectivity index (χ4v) is 1.92. The van der Waals surface area contributed by atoms with E-state index in [1.807, 2.05) is 6.92 Å². The summed E-state index contributed by atoms with van der Waals surface area (Å²) in [5, 5.41) is 0. The predicted molar refractivity (Wildman–Crippen MR) is 61.0 cm³/mol. The smallest absolute Gasteiger partial charge is 0.330 e. The fourth-order valence-electron chi connectivity index (χ4n) is 1.92. The summed E-state index contributed by atoms with van der Waals surface area (Å²) < 4.78 is 12.4. The van der Waals surface area contributed by atoms with Crippen LogP contribution in [0.15, 0.2) is 21.9 Å². The van der Waals surface area contributed by atoms with E-state index in [1.54, 1.807) is 0 Å². The van der Waals surface area contributed by atoms with Gasteiger partial charge in [-0.15, -0.1) is 0 Å². The molecule has 2 atom stereocenters. The number of ether oxygens (including phenoxy) is 2. The van der Waals surface area contributed by atoms with Gasteiger partial charge in [0, 0.05) is 18.9 Å². The van der Waals surface area contributed by atoms with Gasteiger partial charge < -0.3 is 9.47 Å². The standard InChI is InChI=1S/C11H16N2O4/c1-2-16-7-8-3-4-10(17-8)13-6-5-9(14)12-11(13)15/h5-6,8,10H,2-4,7H2,1H3,(H,12,14,15)/t8-,10-/m0/s1. The average Bonchev–Trinajstić information content (AvgIpc) is 2.75. The van der Waals surface area contributed by atoms with Gasteiger partial charge in [-0.1, -0.05) is 0 Å². The first-order valence-electron chi connectivity index (χ1n) is 5.75. The molecule has 2 heterocycles. The second-order valence-corrected chi connectivity index (χ2v) is 3.97. The molecule has 1 fully saturated rings. The van der Waals surface area contributed by atoms with Crippen molar-refractivity contribution in [3.05, 3.63) is 33.1 Å². The van der Waals surface area contributed by atoms with Crippen molar-refractivity contribution in [1.29, 1.82) is 0 Å². The van der Waals surface area contributed by atoms with Crippen LogP contribution in [0, 0.1) is 0 Å². The van der Waals surface area contributed by atoms with Gasteiger partial charge in [0.1, 0.15) is 6.23 Å². The van der Waals surface area contributed by atoms with Gasteiger partial charge in [-0.3, -0.25) is 14.3 Å². The molecule has 6 heteroatoms. The zero-order valence-corrected chi connectivity index (χ0v) is 9.72. The Morgan fingerprint density at radius 2 is 2.35 bits per heavy atom. The van der Waals surface area contributed by atoms with Crippen molar-refractivity contribution in [1.82, 2.24) is 9.55 Å². The number of hydrogen-bond acceptors (Lipinski definition) is 4. The molecule has 1 aromatic rings. The molecule has 1 aromatic heterocycles. The number of aromatic nitrogens is 2. The van der Waals surface area contributed by atoms with Crippen molar-refractivity contribution in [2.75, 3.05) is 13.2 Å². The Kier molecular flexibility index (Phi) is 3.75. The van der Waals surface area contributed by atoms with E-state index in [2.05, 4.69) is 4.98 Å². The van der Waals surface area contributed by atoms with Crippen molar-refractivity contribution >= 4 is 0 Å². The fraction of sp³-hybridized carbons (Fsp3) is 0.636. The Hall–Kier alpha value is -1.40. The number of hydrogen-bond donors (Lipinski definition) is 1. The predicted octanol–water partition coefficient (Wildman–Crippen LogP) is 0.251. The topological polar surface area (TPSA) is 73.3 Å². The SMILES string of the molecule is CCOC[C@@H]1CC[C@@H](n2ccc(=O)[nH]c2=O)O1. The molecule has 1 N–H and O–H groups in total. The molecule has 94 valence electrons. The van der Waals surface area contributed by atoms with Crippen LogP contribution in [0.25, 0.3) is 0 Å². The lowest BCUT2D eigenvalue weighted by Crippen LogP contribution is -2.31. The van der Waals surface area contributed by atoms with Crippen LogP contribution in [0.3, 0.4) is 0 Å². The van der Waals surface area contributed by atoms with Crippen LogP contribution >= 0.6 is 0 Å². The maximum atomic E-state index is 11.5. The van der Waals surface area contributed by atoms with Crippen molar-refractivity contribution < 1.29 is 9.47 Å². The molecule has 0 unspecified atom stereocenters. The molecule has 0 aliphatic carbocycles. The van der Waals surface area contributed by atoms with E-state index in [0.717, 1.165) is 12.8 Å². The third-order valence-corrected chi connectivity index (χ3v) is 2.75. The Morgan fingerprint density at radius 3 is 3.06 bits per heavy atom. The van der Waals surface area contributed by atoms with Crippen molar-refractivity contribution in [3.63, 3.8) is 0 Å². The lowest BCUT2D eigenvalue weighted by Gasteiger charge is -2.15. The molecule has 17 heavy (non-hydrogen) atoms. The van der Waals surface area contributed by atoms with E-state index in [9.17, 15) is 9.59 Å². The highest BCUT2D eigenvalue weighted by Gasteiger charge is 2.27. The van der Waals surface area contributed by atoms with Crippen LogP contribution in [-0.4, -0.2) is 28.9 Å². The Bertz CT molecular complexity index is 479. The van der Waals surface area contributed by atoms with Gasteiger partial charge in [0.15, 0.2) is 0 Å². The Morgan fingerprint density at radius 1 is 1.53 bits per heavy atom. The first-order chi connectivity index (χ1) is 8.20. The van der Waals surface area contributed by atoms with Gasteiger partial charge in [-0.25, -0.2) is 4.79 Å². The van der Waals surface area contributed by atoms with Crippen LogP contribution in [0.1, 0.15) is 26.0 Å². The highest BCUT2D eigenvalue weighted by molar-refractivity contribution is 4.85. The summed E-state index contributed by atoms with van der Waals surface area (Å²) in [5.74, 6) is 0. The van der Waals surface area contributed by atoms with Gasteiger partial charge in [0.05, 0.1) is 12.7 Å². The number of H-pyrrole nitrogens is 1. The van der Waals surface area contributed by atoms with Crippen LogP contribution in [0.4, 0.5) is 0 Å². The molecule has 0 aromatic carbocycles. The van der Waals surface area contributed by atoms with Gasteiger partial charge in [-0.05, 0) is 19.8 Å². The summed E-state index contributed by atoms with van der Waals surface area (Å²) in [4.78, 5) is 24.7. The molecule has 2 rings (SSSR count). The Labute approximate surface area is 98.2 Å². The third-order valence-electron chi connectivity index (χ3n) is 2.75. The van der Waals surface area contributed by atoms with E-state index in [1.165, 1.54) is 16.8 Å². The zero-order chi connectivity index (χ0) is 12.3. The summed E-state index contributed by atoms with van der Waals surface area (Å²) in [6.45, 7) is 3.13. The van der Waals surface area contributed by atoms with Crippen molar-refractivity contribution in [2.45, 2.75) is 32.1 Å². The second kappa shape index (κ2) is 5.29. The lowest BCUT2D eigenvalue weighted by molar-refractivity contribution is -0.0408. The molecule has 1 saturated heterocycles. The molecular formula is C11H16N2O4. The molecule has 1 aliphatic heterocycles. The molecule has 0 spiro atoms. The summed E-state index contributed by atoms with van der Waals surface area (Å²) in [6, 6.07) is 1.32. The first kappa shape index (κ1) is 12.1.